The van der Waals surface area contributed by atoms with E-state index in [1.807, 2.05) is 0 Å². The van der Waals surface area contributed by atoms with Crippen LogP contribution >= 0.6 is 0 Å². The Kier molecular flexibility index (Phi) is 2.68. The van der Waals surface area contributed by atoms with E-state index in [-0.39, 0.29) is 6.61 Å². The molecule has 5 heteroatoms. The summed E-state index contributed by atoms with van der Waals surface area (Å²) in [5.41, 5.74) is 0. The summed E-state index contributed by atoms with van der Waals surface area (Å²) in [5.74, 6) is -2.07. The summed E-state index contributed by atoms with van der Waals surface area (Å²) in [4.78, 5) is 28.8. The van der Waals surface area contributed by atoms with Crippen LogP contribution in [0, 0.1) is 5.92 Å². The summed E-state index contributed by atoms with van der Waals surface area (Å²) >= 11 is 0. The summed E-state index contributed by atoms with van der Waals surface area (Å²) in [7, 11) is 0. The average molecular weight is 168 g/mol. The molecule has 0 aromatic rings. The molecule has 5 nitrogen and oxygen atoms in total. The van der Waals surface area contributed by atoms with Crippen LogP contribution in [0.2, 0.25) is 0 Å². The van der Waals surface area contributed by atoms with E-state index in [9.17, 15) is 9.59 Å². The molecule has 0 aromatic carbocycles. The molecule has 0 aromatic heterocycles. The molecule has 0 bridgehead atoms. The van der Waals surface area contributed by atoms with Crippen molar-refractivity contribution in [2.24, 2.45) is 15.9 Å². The quantitative estimate of drug-likeness (QED) is 0.423. The highest BCUT2D eigenvalue weighted by atomic mass is 16.5. The van der Waals surface area contributed by atoms with Gasteiger partial charge < -0.3 is 4.74 Å². The number of carbonyl (C=O) groups excluding carboxylic acids is 2. The fourth-order valence-corrected chi connectivity index (χ4v) is 0.753. The number of aliphatic imine (C=N–C) groups is 2. The van der Waals surface area contributed by atoms with Gasteiger partial charge >= 0.3 is 5.97 Å². The average Bonchev–Trinajstić information content (AvgIpc) is 2.05. The number of ether oxygens (including phenoxy) is 1. The molecule has 0 fully saturated rings. The van der Waals surface area contributed by atoms with Crippen LogP contribution in [0.15, 0.2) is 9.98 Å². The Labute approximate surface area is 69.2 Å². The highest BCUT2D eigenvalue weighted by Crippen LogP contribution is 2.02. The lowest BCUT2D eigenvalue weighted by atomic mass is 10.1. The van der Waals surface area contributed by atoms with Gasteiger partial charge in [-0.1, -0.05) is 0 Å². The summed E-state index contributed by atoms with van der Waals surface area (Å²) in [6.07, 6.45) is 2.34. The number of nitrogens with zero attached hydrogens (tertiary/aromatic N) is 2. The molecule has 0 saturated heterocycles. The monoisotopic (exact) mass is 168 g/mol. The third kappa shape index (κ3) is 1.75. The molecule has 0 spiro atoms. The largest absolute Gasteiger partial charge is 0.465 e. The molecule has 0 radical (unpaired) electrons. The van der Waals surface area contributed by atoms with Crippen molar-refractivity contribution in [1.29, 1.82) is 0 Å². The lowest BCUT2D eigenvalue weighted by molar-refractivity contribution is -0.148. The van der Waals surface area contributed by atoms with E-state index in [4.69, 9.17) is 0 Å². The van der Waals surface area contributed by atoms with E-state index >= 15 is 0 Å². The van der Waals surface area contributed by atoms with Crippen LogP contribution in [0.1, 0.15) is 6.92 Å². The second-order valence-electron chi connectivity index (χ2n) is 2.11. The predicted molar refractivity (Wildman–Crippen MR) is 42.1 cm³/mol. The number of carbonyl (C=O) groups is 2. The highest BCUT2D eigenvalue weighted by Gasteiger charge is 2.26. The Bertz CT molecular complexity index is 257. The topological polar surface area (TPSA) is 68.1 Å². The third-order valence-corrected chi connectivity index (χ3v) is 1.29. The van der Waals surface area contributed by atoms with Crippen LogP contribution in [-0.2, 0) is 14.3 Å². The smallest absolute Gasteiger partial charge is 0.324 e. The van der Waals surface area contributed by atoms with E-state index < -0.39 is 17.8 Å². The molecule has 1 heterocycles. The number of hydrogen-bond donors (Lipinski definition) is 0. The van der Waals surface area contributed by atoms with Gasteiger partial charge in [-0.15, -0.1) is 0 Å². The molecule has 0 aliphatic carbocycles. The van der Waals surface area contributed by atoms with Gasteiger partial charge in [0.1, 0.15) is 6.34 Å². The SMILES string of the molecule is CCOC(=O)C1C=NC=NC1=O. The zero-order valence-electron chi connectivity index (χ0n) is 6.56. The van der Waals surface area contributed by atoms with E-state index in [0.717, 1.165) is 6.34 Å². The van der Waals surface area contributed by atoms with Crippen molar-refractivity contribution >= 4 is 24.4 Å². The maximum absolute atomic E-state index is 11.0. The molecule has 1 atom stereocenters. The first-order valence-corrected chi connectivity index (χ1v) is 3.52. The molecule has 1 unspecified atom stereocenters. The van der Waals surface area contributed by atoms with Gasteiger partial charge in [0.2, 0.25) is 0 Å². The van der Waals surface area contributed by atoms with Crippen molar-refractivity contribution in [2.45, 2.75) is 6.92 Å². The van der Waals surface area contributed by atoms with Crippen molar-refractivity contribution in [3.63, 3.8) is 0 Å². The molecular formula is C7H8N2O3. The molecule has 1 amide bonds. The molecule has 0 N–H and O–H groups in total. The first-order chi connectivity index (χ1) is 5.75. The van der Waals surface area contributed by atoms with Gasteiger partial charge in [-0.2, -0.15) is 0 Å². The molecule has 1 rings (SSSR count). The molecule has 0 saturated carbocycles. The number of rotatable bonds is 2. The molecule has 1 aliphatic heterocycles. The van der Waals surface area contributed by atoms with Gasteiger partial charge in [0.15, 0.2) is 5.92 Å². The van der Waals surface area contributed by atoms with Crippen molar-refractivity contribution in [3.8, 4) is 0 Å². The summed E-state index contributed by atoms with van der Waals surface area (Å²) in [6, 6.07) is 0. The minimum atomic E-state index is -0.949. The number of esters is 1. The zero-order valence-corrected chi connectivity index (χ0v) is 6.56. The standard InChI is InChI=1S/C7H8N2O3/c1-2-12-7(11)5-3-8-4-9-6(5)10/h3-5H,2H2,1H3. The van der Waals surface area contributed by atoms with Gasteiger partial charge in [0.05, 0.1) is 6.61 Å². The fourth-order valence-electron chi connectivity index (χ4n) is 0.753. The number of amides is 1. The highest BCUT2D eigenvalue weighted by molar-refractivity contribution is 6.15. The first kappa shape index (κ1) is 8.58. The maximum atomic E-state index is 11.0. The Hall–Kier alpha value is -1.52. The van der Waals surface area contributed by atoms with Gasteiger partial charge in [-0.25, -0.2) is 9.98 Å². The van der Waals surface area contributed by atoms with E-state index in [0.29, 0.717) is 0 Å². The fraction of sp³-hybridized carbons (Fsp3) is 0.429. The van der Waals surface area contributed by atoms with E-state index in [2.05, 4.69) is 14.7 Å². The van der Waals surface area contributed by atoms with Crippen LogP contribution in [-0.4, -0.2) is 31.0 Å². The van der Waals surface area contributed by atoms with Crippen molar-refractivity contribution in [2.75, 3.05) is 6.61 Å². The van der Waals surface area contributed by atoms with Crippen molar-refractivity contribution < 1.29 is 14.3 Å². The Morgan fingerprint density at radius 1 is 1.75 bits per heavy atom. The Morgan fingerprint density at radius 3 is 3.08 bits per heavy atom. The molecule has 64 valence electrons. The lowest BCUT2D eigenvalue weighted by Crippen LogP contribution is -2.28. The molecule has 12 heavy (non-hydrogen) atoms. The zero-order chi connectivity index (χ0) is 8.97. The van der Waals surface area contributed by atoms with E-state index in [1.54, 1.807) is 6.92 Å². The third-order valence-electron chi connectivity index (χ3n) is 1.29. The number of hydrogen-bond acceptors (Lipinski definition) is 4. The van der Waals surface area contributed by atoms with Crippen LogP contribution in [0.25, 0.3) is 0 Å². The van der Waals surface area contributed by atoms with Crippen LogP contribution in [0.5, 0.6) is 0 Å². The minimum Gasteiger partial charge on any atom is -0.465 e. The Morgan fingerprint density at radius 2 is 2.50 bits per heavy atom. The summed E-state index contributed by atoms with van der Waals surface area (Å²) in [6.45, 7) is 1.92. The van der Waals surface area contributed by atoms with Gasteiger partial charge in [0.25, 0.3) is 5.91 Å². The maximum Gasteiger partial charge on any atom is 0.324 e. The Balaban J connectivity index is 2.63. The molecule has 1 aliphatic rings. The van der Waals surface area contributed by atoms with Crippen LogP contribution in [0.4, 0.5) is 0 Å². The van der Waals surface area contributed by atoms with Crippen molar-refractivity contribution in [3.05, 3.63) is 0 Å². The second kappa shape index (κ2) is 3.75. The molecular weight excluding hydrogens is 160 g/mol. The van der Waals surface area contributed by atoms with Crippen LogP contribution < -0.4 is 0 Å². The summed E-state index contributed by atoms with van der Waals surface area (Å²) < 4.78 is 4.63. The van der Waals surface area contributed by atoms with E-state index in [1.165, 1.54) is 6.21 Å². The van der Waals surface area contributed by atoms with Gasteiger partial charge in [-0.3, -0.25) is 9.59 Å². The normalized spacial score (nSPS) is 21.1. The van der Waals surface area contributed by atoms with Crippen molar-refractivity contribution in [1.82, 2.24) is 0 Å². The van der Waals surface area contributed by atoms with Gasteiger partial charge in [0, 0.05) is 6.21 Å². The second-order valence-corrected chi connectivity index (χ2v) is 2.11. The predicted octanol–water partition coefficient (Wildman–Crippen LogP) is -0.195. The first-order valence-electron chi connectivity index (χ1n) is 3.52. The summed E-state index contributed by atoms with van der Waals surface area (Å²) in [5, 5.41) is 0. The van der Waals surface area contributed by atoms with Gasteiger partial charge in [-0.05, 0) is 6.92 Å². The van der Waals surface area contributed by atoms with Crippen LogP contribution in [0.3, 0.4) is 0 Å². The minimum absolute atomic E-state index is 0.250. The lowest BCUT2D eigenvalue weighted by Gasteiger charge is -2.07.